The highest BCUT2D eigenvalue weighted by Gasteiger charge is 2.04. The first kappa shape index (κ1) is 15.9. The van der Waals surface area contributed by atoms with E-state index in [9.17, 15) is 4.79 Å². The number of aliphatic carboxylic acids is 1. The molecule has 6 heteroatoms. The fourth-order valence-corrected chi connectivity index (χ4v) is 2.25. The Balaban J connectivity index is 2.11. The first-order chi connectivity index (χ1) is 9.08. The topological polar surface area (TPSA) is 71.5 Å². The van der Waals surface area contributed by atoms with Gasteiger partial charge in [0, 0.05) is 25.0 Å². The summed E-state index contributed by atoms with van der Waals surface area (Å²) in [6.07, 6.45) is 2.99. The second-order valence-electron chi connectivity index (χ2n) is 4.59. The summed E-state index contributed by atoms with van der Waals surface area (Å²) >= 11 is 1.52. The standard InChI is InChI=1S/C13H22N2O3S/c1-10(2)18-8-4-3-7-14-13-15-11(9-19-13)5-6-12(16)17/h9-10H,3-8H2,1-2H3,(H,14,15)(H,16,17). The van der Waals surface area contributed by atoms with Gasteiger partial charge in [0.2, 0.25) is 0 Å². The van der Waals surface area contributed by atoms with E-state index in [0.29, 0.717) is 12.5 Å². The molecule has 2 N–H and O–H groups in total. The van der Waals surface area contributed by atoms with Crippen molar-refractivity contribution in [3.8, 4) is 0 Å². The molecule has 1 rings (SSSR count). The minimum absolute atomic E-state index is 0.135. The van der Waals surface area contributed by atoms with E-state index in [4.69, 9.17) is 9.84 Å². The summed E-state index contributed by atoms with van der Waals surface area (Å²) in [7, 11) is 0. The SMILES string of the molecule is CC(C)OCCCCNc1nc(CCC(=O)O)cs1. The molecule has 0 bridgehead atoms. The maximum absolute atomic E-state index is 10.4. The van der Waals surface area contributed by atoms with Crippen molar-refractivity contribution in [2.45, 2.75) is 45.6 Å². The van der Waals surface area contributed by atoms with Crippen LogP contribution in [-0.2, 0) is 16.0 Å². The molecule has 0 radical (unpaired) electrons. The van der Waals surface area contributed by atoms with Crippen LogP contribution in [0.5, 0.6) is 0 Å². The Morgan fingerprint density at radius 3 is 3.00 bits per heavy atom. The first-order valence-electron chi connectivity index (χ1n) is 6.59. The summed E-state index contributed by atoms with van der Waals surface area (Å²) in [6.45, 7) is 5.73. The van der Waals surface area contributed by atoms with Crippen LogP contribution in [0.3, 0.4) is 0 Å². The summed E-state index contributed by atoms with van der Waals surface area (Å²) in [5, 5.41) is 14.6. The van der Waals surface area contributed by atoms with E-state index < -0.39 is 5.97 Å². The molecule has 1 aromatic heterocycles. The van der Waals surface area contributed by atoms with Gasteiger partial charge in [-0.15, -0.1) is 11.3 Å². The molecule has 1 heterocycles. The number of thiazole rings is 1. The predicted molar refractivity (Wildman–Crippen MR) is 76.9 cm³/mol. The normalized spacial score (nSPS) is 10.9. The van der Waals surface area contributed by atoms with Gasteiger partial charge >= 0.3 is 5.97 Å². The van der Waals surface area contributed by atoms with Crippen LogP contribution in [0.2, 0.25) is 0 Å². The first-order valence-corrected chi connectivity index (χ1v) is 7.47. The molecule has 5 nitrogen and oxygen atoms in total. The molecule has 0 atom stereocenters. The average molecular weight is 286 g/mol. The van der Waals surface area contributed by atoms with E-state index in [1.54, 1.807) is 0 Å². The van der Waals surface area contributed by atoms with Gasteiger partial charge < -0.3 is 15.2 Å². The lowest BCUT2D eigenvalue weighted by Gasteiger charge is -2.07. The average Bonchev–Trinajstić information content (AvgIpc) is 2.78. The lowest BCUT2D eigenvalue weighted by molar-refractivity contribution is -0.136. The van der Waals surface area contributed by atoms with Crippen LogP contribution in [0.15, 0.2) is 5.38 Å². The molecule has 0 spiro atoms. The summed E-state index contributed by atoms with van der Waals surface area (Å²) in [5.74, 6) is -0.785. The predicted octanol–water partition coefficient (Wildman–Crippen LogP) is 2.78. The summed E-state index contributed by atoms with van der Waals surface area (Å²) in [4.78, 5) is 14.8. The van der Waals surface area contributed by atoms with Crippen LogP contribution in [0, 0.1) is 0 Å². The van der Waals surface area contributed by atoms with Gasteiger partial charge in [-0.05, 0) is 26.7 Å². The van der Waals surface area contributed by atoms with Crippen molar-refractivity contribution >= 4 is 22.4 Å². The molecule has 0 amide bonds. The highest BCUT2D eigenvalue weighted by atomic mass is 32.1. The number of anilines is 1. The lowest BCUT2D eigenvalue weighted by Crippen LogP contribution is -2.07. The fourth-order valence-electron chi connectivity index (χ4n) is 1.48. The molecule has 0 unspecified atom stereocenters. The zero-order chi connectivity index (χ0) is 14.1. The summed E-state index contributed by atoms with van der Waals surface area (Å²) < 4.78 is 5.46. The number of hydrogen-bond acceptors (Lipinski definition) is 5. The molecule has 0 aliphatic heterocycles. The van der Waals surface area contributed by atoms with Crippen LogP contribution < -0.4 is 5.32 Å². The fraction of sp³-hybridized carbons (Fsp3) is 0.692. The van der Waals surface area contributed by atoms with Gasteiger partial charge in [-0.25, -0.2) is 4.98 Å². The number of carbonyl (C=O) groups is 1. The van der Waals surface area contributed by atoms with E-state index in [0.717, 1.165) is 36.8 Å². The van der Waals surface area contributed by atoms with Crippen LogP contribution in [0.1, 0.15) is 38.8 Å². The molecule has 0 aliphatic carbocycles. The number of aryl methyl sites for hydroxylation is 1. The largest absolute Gasteiger partial charge is 0.481 e. The molecular weight excluding hydrogens is 264 g/mol. The molecule has 108 valence electrons. The number of carboxylic acid groups (broad SMARTS) is 1. The van der Waals surface area contributed by atoms with E-state index >= 15 is 0 Å². The van der Waals surface area contributed by atoms with Crippen molar-refractivity contribution in [1.29, 1.82) is 0 Å². The van der Waals surface area contributed by atoms with Crippen molar-refractivity contribution < 1.29 is 14.6 Å². The maximum atomic E-state index is 10.4. The van der Waals surface area contributed by atoms with Crippen LogP contribution >= 0.6 is 11.3 Å². The third kappa shape index (κ3) is 7.79. The van der Waals surface area contributed by atoms with E-state index in [1.165, 1.54) is 11.3 Å². The van der Waals surface area contributed by atoms with Gasteiger partial charge in [0.1, 0.15) is 0 Å². The molecular formula is C13H22N2O3S. The second-order valence-corrected chi connectivity index (χ2v) is 5.45. The van der Waals surface area contributed by atoms with Gasteiger partial charge in [0.15, 0.2) is 5.13 Å². The Labute approximate surface area is 118 Å². The van der Waals surface area contributed by atoms with Crippen molar-refractivity contribution in [2.75, 3.05) is 18.5 Å². The molecule has 1 aromatic rings. The molecule has 19 heavy (non-hydrogen) atoms. The number of carboxylic acids is 1. The minimum Gasteiger partial charge on any atom is -0.481 e. The van der Waals surface area contributed by atoms with Crippen LogP contribution in [0.4, 0.5) is 5.13 Å². The number of nitrogens with zero attached hydrogens (tertiary/aromatic N) is 1. The maximum Gasteiger partial charge on any atom is 0.303 e. The molecule has 0 aliphatic rings. The van der Waals surface area contributed by atoms with Gasteiger partial charge in [-0.2, -0.15) is 0 Å². The molecule has 0 saturated carbocycles. The van der Waals surface area contributed by atoms with E-state index in [2.05, 4.69) is 10.3 Å². The van der Waals surface area contributed by atoms with E-state index in [1.807, 2.05) is 19.2 Å². The van der Waals surface area contributed by atoms with Gasteiger partial charge in [-0.1, -0.05) is 0 Å². The van der Waals surface area contributed by atoms with Crippen molar-refractivity contribution in [1.82, 2.24) is 4.98 Å². The Morgan fingerprint density at radius 2 is 2.32 bits per heavy atom. The third-order valence-corrected chi connectivity index (χ3v) is 3.29. The minimum atomic E-state index is -0.785. The monoisotopic (exact) mass is 286 g/mol. The number of nitrogens with one attached hydrogen (secondary N) is 1. The van der Waals surface area contributed by atoms with Gasteiger partial charge in [-0.3, -0.25) is 4.79 Å². The van der Waals surface area contributed by atoms with Crippen LogP contribution in [0.25, 0.3) is 0 Å². The Hall–Kier alpha value is -1.14. The highest BCUT2D eigenvalue weighted by Crippen LogP contribution is 2.16. The Morgan fingerprint density at radius 1 is 1.53 bits per heavy atom. The molecule has 0 fully saturated rings. The number of ether oxygens (including phenoxy) is 1. The Bertz CT molecular complexity index is 380. The summed E-state index contributed by atoms with van der Waals surface area (Å²) in [5.41, 5.74) is 0.845. The number of aromatic nitrogens is 1. The van der Waals surface area contributed by atoms with Gasteiger partial charge in [0.05, 0.1) is 18.2 Å². The smallest absolute Gasteiger partial charge is 0.303 e. The molecule has 0 saturated heterocycles. The zero-order valence-electron chi connectivity index (χ0n) is 11.5. The number of hydrogen-bond donors (Lipinski definition) is 2. The van der Waals surface area contributed by atoms with Crippen LogP contribution in [-0.4, -0.2) is 35.3 Å². The zero-order valence-corrected chi connectivity index (χ0v) is 12.3. The van der Waals surface area contributed by atoms with E-state index in [-0.39, 0.29) is 6.42 Å². The summed E-state index contributed by atoms with van der Waals surface area (Å²) in [6, 6.07) is 0. The number of rotatable bonds is 10. The van der Waals surface area contributed by atoms with Crippen molar-refractivity contribution in [2.24, 2.45) is 0 Å². The second kappa shape index (κ2) is 8.87. The third-order valence-electron chi connectivity index (χ3n) is 2.45. The Kier molecular flexibility index (Phi) is 7.43. The number of unbranched alkanes of at least 4 members (excludes halogenated alkanes) is 1. The quantitative estimate of drug-likeness (QED) is 0.647. The lowest BCUT2D eigenvalue weighted by atomic mass is 10.2. The molecule has 0 aromatic carbocycles. The van der Waals surface area contributed by atoms with Gasteiger partial charge in [0.25, 0.3) is 0 Å². The highest BCUT2D eigenvalue weighted by molar-refractivity contribution is 7.13. The van der Waals surface area contributed by atoms with Crippen molar-refractivity contribution in [3.63, 3.8) is 0 Å². The van der Waals surface area contributed by atoms with Crippen molar-refractivity contribution in [3.05, 3.63) is 11.1 Å².